The average molecular weight is 345 g/mol. The number of hydrogen-bond acceptors (Lipinski definition) is 3. The van der Waals surface area contributed by atoms with Crippen molar-refractivity contribution in [2.45, 2.75) is 38.3 Å². The molecule has 130 valence electrons. The minimum atomic E-state index is 0.651. The van der Waals surface area contributed by atoms with E-state index in [0.29, 0.717) is 18.6 Å². The van der Waals surface area contributed by atoms with E-state index in [1.807, 2.05) is 11.8 Å². The molecule has 4 rings (SSSR count). The molecule has 1 aromatic heterocycles. The lowest BCUT2D eigenvalue weighted by molar-refractivity contribution is 0.0977. The highest BCUT2D eigenvalue weighted by Gasteiger charge is 2.40. The second-order valence-electron chi connectivity index (χ2n) is 7.31. The monoisotopic (exact) mass is 344 g/mol. The van der Waals surface area contributed by atoms with E-state index in [-0.39, 0.29) is 0 Å². The Hall–Kier alpha value is -0.970. The van der Waals surface area contributed by atoms with Crippen LogP contribution in [0.15, 0.2) is 18.2 Å². The number of nitrogens with zero attached hydrogens (tertiary/aromatic N) is 1. The number of piperidine rings is 1. The third-order valence-corrected chi connectivity index (χ3v) is 6.78. The lowest BCUT2D eigenvalue weighted by Crippen LogP contribution is -2.50. The fourth-order valence-electron chi connectivity index (χ4n) is 5.05. The molecule has 1 aliphatic heterocycles. The topological polar surface area (TPSA) is 28.3 Å². The second-order valence-corrected chi connectivity index (χ2v) is 8.22. The van der Waals surface area contributed by atoms with Crippen molar-refractivity contribution in [1.29, 1.82) is 0 Å². The first kappa shape index (κ1) is 16.5. The summed E-state index contributed by atoms with van der Waals surface area (Å²) in [4.78, 5) is 6.36. The molecule has 1 N–H and O–H groups in total. The summed E-state index contributed by atoms with van der Waals surface area (Å²) in [7, 11) is 1.79. The minimum Gasteiger partial charge on any atom is -0.378 e. The Labute approximate surface area is 149 Å². The van der Waals surface area contributed by atoms with Crippen molar-refractivity contribution in [2.75, 3.05) is 32.2 Å². The standard InChI is InChI=1S/C20H28N2OS/c1-4-22-10-13(12-24-3)8-15-14-6-5-7-17-20(14)16(9-19(15)22)18(21-17)11-23-2/h5-7,13,15,19,21H,4,8-12H2,1-3H3/t13-,15-,19-/m1/s1. The van der Waals surface area contributed by atoms with Crippen molar-refractivity contribution >= 4 is 22.7 Å². The zero-order valence-electron chi connectivity index (χ0n) is 15.0. The third kappa shape index (κ3) is 2.59. The number of rotatable bonds is 5. The van der Waals surface area contributed by atoms with Crippen molar-refractivity contribution in [3.8, 4) is 0 Å². The second kappa shape index (κ2) is 6.74. The molecule has 0 radical (unpaired) electrons. The molecule has 3 atom stereocenters. The minimum absolute atomic E-state index is 0.651. The molecule has 0 saturated carbocycles. The van der Waals surface area contributed by atoms with Gasteiger partial charge in [-0.15, -0.1) is 0 Å². The summed E-state index contributed by atoms with van der Waals surface area (Å²) >= 11 is 2.00. The van der Waals surface area contributed by atoms with Gasteiger partial charge < -0.3 is 9.72 Å². The maximum absolute atomic E-state index is 5.45. The van der Waals surface area contributed by atoms with Crippen LogP contribution in [-0.4, -0.2) is 48.1 Å². The molecule has 0 unspecified atom stereocenters. The number of aromatic amines is 1. The van der Waals surface area contributed by atoms with Crippen LogP contribution >= 0.6 is 11.8 Å². The van der Waals surface area contributed by atoms with Gasteiger partial charge in [0.1, 0.15) is 0 Å². The summed E-state index contributed by atoms with van der Waals surface area (Å²) in [5.41, 5.74) is 5.65. The van der Waals surface area contributed by atoms with Crippen LogP contribution in [0.4, 0.5) is 0 Å². The van der Waals surface area contributed by atoms with E-state index in [9.17, 15) is 0 Å². The van der Waals surface area contributed by atoms with E-state index in [1.165, 1.54) is 47.3 Å². The van der Waals surface area contributed by atoms with E-state index >= 15 is 0 Å². The van der Waals surface area contributed by atoms with Gasteiger partial charge in [0.2, 0.25) is 0 Å². The molecule has 2 heterocycles. The van der Waals surface area contributed by atoms with Gasteiger partial charge in [0, 0.05) is 42.2 Å². The molecule has 1 fully saturated rings. The Kier molecular flexibility index (Phi) is 4.63. The van der Waals surface area contributed by atoms with Crippen LogP contribution in [0.2, 0.25) is 0 Å². The first-order valence-corrected chi connectivity index (χ1v) is 10.5. The Balaban J connectivity index is 1.80. The maximum Gasteiger partial charge on any atom is 0.0865 e. The maximum atomic E-state index is 5.45. The smallest absolute Gasteiger partial charge is 0.0865 e. The largest absolute Gasteiger partial charge is 0.378 e. The van der Waals surface area contributed by atoms with Crippen molar-refractivity contribution in [3.63, 3.8) is 0 Å². The van der Waals surface area contributed by atoms with Gasteiger partial charge in [0.25, 0.3) is 0 Å². The SMILES string of the molecule is CCN1C[C@H](CSC)C[C@@H]2c3cccc4[nH]c(COC)c(c34)C[C@H]21. The molecule has 2 aromatic rings. The van der Waals surface area contributed by atoms with Gasteiger partial charge >= 0.3 is 0 Å². The van der Waals surface area contributed by atoms with Crippen LogP contribution in [0.3, 0.4) is 0 Å². The summed E-state index contributed by atoms with van der Waals surface area (Å²) < 4.78 is 5.45. The summed E-state index contributed by atoms with van der Waals surface area (Å²) in [5, 5.41) is 1.49. The highest BCUT2D eigenvalue weighted by molar-refractivity contribution is 7.98. The van der Waals surface area contributed by atoms with Gasteiger partial charge in [-0.2, -0.15) is 11.8 Å². The van der Waals surface area contributed by atoms with E-state index in [4.69, 9.17) is 4.74 Å². The van der Waals surface area contributed by atoms with Gasteiger partial charge in [-0.05, 0) is 54.5 Å². The van der Waals surface area contributed by atoms with Gasteiger partial charge in [-0.3, -0.25) is 4.90 Å². The Morgan fingerprint density at radius 2 is 2.25 bits per heavy atom. The number of H-pyrrole nitrogens is 1. The number of likely N-dealkylation sites (tertiary alicyclic amines) is 1. The fraction of sp³-hybridized carbons (Fsp3) is 0.600. The number of hydrogen-bond donors (Lipinski definition) is 1. The lowest BCUT2D eigenvalue weighted by Gasteiger charge is -2.47. The van der Waals surface area contributed by atoms with Crippen LogP contribution in [0, 0.1) is 5.92 Å². The van der Waals surface area contributed by atoms with Crippen molar-refractivity contribution in [1.82, 2.24) is 9.88 Å². The summed E-state index contributed by atoms with van der Waals surface area (Å²) in [6, 6.07) is 7.48. The number of likely N-dealkylation sites (N-methyl/N-ethyl adjacent to an activating group) is 1. The summed E-state index contributed by atoms with van der Waals surface area (Å²) in [6.07, 6.45) is 4.75. The van der Waals surface area contributed by atoms with Crippen LogP contribution < -0.4 is 0 Å². The molecule has 1 saturated heterocycles. The van der Waals surface area contributed by atoms with E-state index in [0.717, 1.165) is 12.5 Å². The molecular formula is C20H28N2OS. The first-order chi connectivity index (χ1) is 11.8. The number of benzene rings is 1. The number of methoxy groups -OCH3 is 1. The molecule has 0 amide bonds. The van der Waals surface area contributed by atoms with Crippen LogP contribution in [0.1, 0.15) is 36.1 Å². The summed E-state index contributed by atoms with van der Waals surface area (Å²) in [6.45, 7) is 5.42. The normalized spacial score (nSPS) is 26.7. The third-order valence-electron chi connectivity index (χ3n) is 5.97. The molecule has 0 spiro atoms. The van der Waals surface area contributed by atoms with Crippen molar-refractivity contribution in [2.24, 2.45) is 5.92 Å². The summed E-state index contributed by atoms with van der Waals surface area (Å²) in [5.74, 6) is 2.78. The Morgan fingerprint density at radius 3 is 3.00 bits per heavy atom. The molecule has 24 heavy (non-hydrogen) atoms. The molecule has 2 aliphatic rings. The zero-order chi connectivity index (χ0) is 16.7. The number of fused-ring (bicyclic) bond motifs is 2. The number of aromatic nitrogens is 1. The molecule has 3 nitrogen and oxygen atoms in total. The molecule has 1 aromatic carbocycles. The fourth-order valence-corrected chi connectivity index (χ4v) is 5.76. The van der Waals surface area contributed by atoms with Crippen LogP contribution in [0.25, 0.3) is 10.9 Å². The van der Waals surface area contributed by atoms with E-state index < -0.39 is 0 Å². The molecule has 4 heteroatoms. The lowest BCUT2D eigenvalue weighted by atomic mass is 9.72. The Morgan fingerprint density at radius 1 is 1.38 bits per heavy atom. The van der Waals surface area contributed by atoms with Crippen LogP contribution in [-0.2, 0) is 17.8 Å². The molecule has 0 bridgehead atoms. The van der Waals surface area contributed by atoms with E-state index in [1.54, 1.807) is 12.7 Å². The highest BCUT2D eigenvalue weighted by atomic mass is 32.2. The molecular weight excluding hydrogens is 316 g/mol. The zero-order valence-corrected chi connectivity index (χ0v) is 15.8. The van der Waals surface area contributed by atoms with E-state index in [2.05, 4.69) is 41.3 Å². The van der Waals surface area contributed by atoms with Crippen LogP contribution in [0.5, 0.6) is 0 Å². The predicted molar refractivity (Wildman–Crippen MR) is 103 cm³/mol. The van der Waals surface area contributed by atoms with Gasteiger partial charge in [-0.1, -0.05) is 19.1 Å². The number of ether oxygens (including phenoxy) is 1. The average Bonchev–Trinajstić information content (AvgIpc) is 2.94. The van der Waals surface area contributed by atoms with Gasteiger partial charge in [-0.25, -0.2) is 0 Å². The van der Waals surface area contributed by atoms with Gasteiger partial charge in [0.15, 0.2) is 0 Å². The quantitative estimate of drug-likeness (QED) is 0.888. The highest BCUT2D eigenvalue weighted by Crippen LogP contribution is 2.46. The Bertz CT molecular complexity index is 726. The molecule has 1 aliphatic carbocycles. The first-order valence-electron chi connectivity index (χ1n) is 9.11. The van der Waals surface area contributed by atoms with Gasteiger partial charge in [0.05, 0.1) is 6.61 Å². The number of nitrogens with one attached hydrogen (secondary N) is 1. The number of thioether (sulfide) groups is 1. The predicted octanol–water partition coefficient (Wildman–Crippen LogP) is 4.03. The van der Waals surface area contributed by atoms with Crippen molar-refractivity contribution in [3.05, 3.63) is 35.0 Å². The van der Waals surface area contributed by atoms with Crippen molar-refractivity contribution < 1.29 is 4.74 Å².